The highest BCUT2D eigenvalue weighted by Gasteiger charge is 2.22. The molecule has 0 spiro atoms. The molecular formula is C21H18BrFN2O4S. The first-order chi connectivity index (χ1) is 14.2. The van der Waals surface area contributed by atoms with Gasteiger partial charge in [0.2, 0.25) is 0 Å². The average Bonchev–Trinajstić information content (AvgIpc) is 2.70. The van der Waals surface area contributed by atoms with Crippen molar-refractivity contribution in [2.24, 2.45) is 0 Å². The molecule has 0 bridgehead atoms. The molecule has 9 heteroatoms. The summed E-state index contributed by atoms with van der Waals surface area (Å²) in [5.41, 5.74) is 1.25. The lowest BCUT2D eigenvalue weighted by Crippen LogP contribution is -2.17. The van der Waals surface area contributed by atoms with Gasteiger partial charge in [-0.25, -0.2) is 12.8 Å². The van der Waals surface area contributed by atoms with Crippen LogP contribution in [0.3, 0.4) is 0 Å². The van der Waals surface area contributed by atoms with E-state index in [1.54, 1.807) is 12.1 Å². The lowest BCUT2D eigenvalue weighted by atomic mass is 10.2. The molecule has 1 amide bonds. The molecule has 3 aromatic rings. The molecule has 0 aliphatic carbocycles. The predicted molar refractivity (Wildman–Crippen MR) is 117 cm³/mol. The van der Waals surface area contributed by atoms with Gasteiger partial charge in [0.1, 0.15) is 16.5 Å². The number of sulfonamides is 1. The normalized spacial score (nSPS) is 11.1. The minimum atomic E-state index is -4.06. The Kier molecular flexibility index (Phi) is 6.42. The fraction of sp³-hybridized carbons (Fsp3) is 0.0952. The summed E-state index contributed by atoms with van der Waals surface area (Å²) in [7, 11) is -2.72. The summed E-state index contributed by atoms with van der Waals surface area (Å²) >= 11 is 3.32. The zero-order valence-corrected chi connectivity index (χ0v) is 18.5. The van der Waals surface area contributed by atoms with Crippen molar-refractivity contribution in [1.29, 1.82) is 0 Å². The first kappa shape index (κ1) is 21.8. The number of nitrogens with one attached hydrogen (secondary N) is 2. The van der Waals surface area contributed by atoms with Gasteiger partial charge in [-0.05, 0) is 70.9 Å². The molecule has 156 valence electrons. The topological polar surface area (TPSA) is 84.5 Å². The van der Waals surface area contributed by atoms with Crippen molar-refractivity contribution in [1.82, 2.24) is 0 Å². The highest BCUT2D eigenvalue weighted by atomic mass is 79.9. The smallest absolute Gasteiger partial charge is 0.265 e. The van der Waals surface area contributed by atoms with E-state index in [-0.39, 0.29) is 21.9 Å². The summed E-state index contributed by atoms with van der Waals surface area (Å²) in [6.45, 7) is 1.84. The molecule has 0 saturated carbocycles. The Morgan fingerprint density at radius 2 is 1.80 bits per heavy atom. The number of carbonyl (C=O) groups is 1. The third-order valence-corrected chi connectivity index (χ3v) is 6.27. The number of carbonyl (C=O) groups excluding carboxylic acids is 1. The third kappa shape index (κ3) is 4.80. The second-order valence-corrected chi connectivity index (χ2v) is 8.89. The van der Waals surface area contributed by atoms with Crippen LogP contribution in [-0.4, -0.2) is 21.4 Å². The van der Waals surface area contributed by atoms with Crippen molar-refractivity contribution >= 4 is 43.2 Å². The van der Waals surface area contributed by atoms with E-state index in [0.29, 0.717) is 10.2 Å². The first-order valence-corrected chi connectivity index (χ1v) is 11.0. The van der Waals surface area contributed by atoms with Crippen molar-refractivity contribution in [2.75, 3.05) is 17.1 Å². The molecule has 6 nitrogen and oxygen atoms in total. The van der Waals surface area contributed by atoms with Gasteiger partial charge in [-0.3, -0.25) is 9.52 Å². The van der Waals surface area contributed by atoms with Gasteiger partial charge in [0.25, 0.3) is 15.9 Å². The van der Waals surface area contributed by atoms with Gasteiger partial charge in [-0.15, -0.1) is 0 Å². The van der Waals surface area contributed by atoms with Crippen LogP contribution in [0.4, 0.5) is 15.8 Å². The van der Waals surface area contributed by atoms with Gasteiger partial charge in [-0.1, -0.05) is 18.2 Å². The van der Waals surface area contributed by atoms with Gasteiger partial charge < -0.3 is 10.1 Å². The van der Waals surface area contributed by atoms with E-state index in [2.05, 4.69) is 26.0 Å². The molecule has 30 heavy (non-hydrogen) atoms. The van der Waals surface area contributed by atoms with Crippen LogP contribution >= 0.6 is 15.9 Å². The highest BCUT2D eigenvalue weighted by molar-refractivity contribution is 9.10. The zero-order chi connectivity index (χ0) is 21.9. The Morgan fingerprint density at radius 1 is 1.07 bits per heavy atom. The van der Waals surface area contributed by atoms with Gasteiger partial charge in [-0.2, -0.15) is 0 Å². The Hall–Kier alpha value is -2.91. The molecule has 0 saturated heterocycles. The number of aryl methyl sites for hydroxylation is 1. The zero-order valence-electron chi connectivity index (χ0n) is 16.1. The number of hydrogen-bond donors (Lipinski definition) is 2. The second kappa shape index (κ2) is 8.85. The van der Waals surface area contributed by atoms with Gasteiger partial charge in [0.05, 0.1) is 18.4 Å². The maximum absolute atomic E-state index is 13.9. The van der Waals surface area contributed by atoms with Gasteiger partial charge in [0.15, 0.2) is 0 Å². The van der Waals surface area contributed by atoms with Crippen LogP contribution in [-0.2, 0) is 10.0 Å². The predicted octanol–water partition coefficient (Wildman–Crippen LogP) is 4.96. The summed E-state index contributed by atoms with van der Waals surface area (Å²) in [5.74, 6) is -1.28. The summed E-state index contributed by atoms with van der Waals surface area (Å²) < 4.78 is 48.2. The van der Waals surface area contributed by atoms with Crippen molar-refractivity contribution in [3.05, 3.63) is 82.1 Å². The largest absolute Gasteiger partial charge is 0.495 e. The Morgan fingerprint density at radius 3 is 2.50 bits per heavy atom. The van der Waals surface area contributed by atoms with Crippen LogP contribution < -0.4 is 14.8 Å². The summed E-state index contributed by atoms with van der Waals surface area (Å²) in [6.07, 6.45) is 0. The number of rotatable bonds is 6. The summed E-state index contributed by atoms with van der Waals surface area (Å²) in [6, 6.07) is 14.9. The molecule has 0 atom stereocenters. The van der Waals surface area contributed by atoms with Crippen LogP contribution in [0.5, 0.6) is 5.75 Å². The van der Waals surface area contributed by atoms with Crippen molar-refractivity contribution in [3.63, 3.8) is 0 Å². The number of halogens is 2. The van der Waals surface area contributed by atoms with Crippen LogP contribution in [0, 0.1) is 12.7 Å². The van der Waals surface area contributed by atoms with Crippen molar-refractivity contribution < 1.29 is 22.3 Å². The minimum absolute atomic E-state index is 0.0927. The second-order valence-electron chi connectivity index (χ2n) is 6.39. The fourth-order valence-corrected chi connectivity index (χ4v) is 4.47. The number of hydrogen-bond acceptors (Lipinski definition) is 4. The highest BCUT2D eigenvalue weighted by Crippen LogP contribution is 2.31. The maximum atomic E-state index is 13.9. The van der Waals surface area contributed by atoms with E-state index in [4.69, 9.17) is 4.74 Å². The van der Waals surface area contributed by atoms with E-state index in [1.807, 2.05) is 13.0 Å². The number of amides is 1. The number of benzene rings is 3. The number of methoxy groups -OCH3 is 1. The van der Waals surface area contributed by atoms with Crippen LogP contribution in [0.15, 0.2) is 70.0 Å². The van der Waals surface area contributed by atoms with E-state index in [0.717, 1.165) is 5.56 Å². The Bertz CT molecular complexity index is 1220. The monoisotopic (exact) mass is 492 g/mol. The lowest BCUT2D eigenvalue weighted by Gasteiger charge is -2.15. The van der Waals surface area contributed by atoms with Crippen LogP contribution in [0.25, 0.3) is 0 Å². The molecule has 3 aromatic carbocycles. The average molecular weight is 493 g/mol. The minimum Gasteiger partial charge on any atom is -0.495 e. The van der Waals surface area contributed by atoms with E-state index >= 15 is 0 Å². The number of anilines is 2. The third-order valence-electron chi connectivity index (χ3n) is 4.20. The van der Waals surface area contributed by atoms with Crippen LogP contribution in [0.2, 0.25) is 0 Å². The number of ether oxygens (including phenoxy) is 1. The van der Waals surface area contributed by atoms with E-state index in [9.17, 15) is 17.6 Å². The quantitative estimate of drug-likeness (QED) is 0.509. The molecule has 3 rings (SSSR count). The SMILES string of the molecule is COc1ccc(NC(=O)c2ccccc2F)cc1S(=O)(=O)Nc1cc(C)ccc1Br. The van der Waals surface area contributed by atoms with Gasteiger partial charge in [0, 0.05) is 10.2 Å². The van der Waals surface area contributed by atoms with Crippen LogP contribution in [0.1, 0.15) is 15.9 Å². The standard InChI is InChI=1S/C21H18BrFN2O4S/c1-13-7-9-16(22)18(11-13)25-30(27,28)20-12-14(8-10-19(20)29-2)24-21(26)15-5-3-4-6-17(15)23/h3-12,25H,1-2H3,(H,24,26). The molecule has 0 heterocycles. The molecule has 0 radical (unpaired) electrons. The summed E-state index contributed by atoms with van der Waals surface area (Å²) in [5, 5.41) is 2.51. The van der Waals surface area contributed by atoms with Crippen molar-refractivity contribution in [3.8, 4) is 5.75 Å². The fourth-order valence-electron chi connectivity index (χ4n) is 2.73. The maximum Gasteiger partial charge on any atom is 0.265 e. The molecule has 0 unspecified atom stereocenters. The molecule has 0 aliphatic heterocycles. The first-order valence-electron chi connectivity index (χ1n) is 8.74. The molecular weight excluding hydrogens is 475 g/mol. The Labute approximate surface area is 182 Å². The lowest BCUT2D eigenvalue weighted by molar-refractivity contribution is 0.102. The Balaban J connectivity index is 1.95. The molecule has 0 aromatic heterocycles. The molecule has 2 N–H and O–H groups in total. The van der Waals surface area contributed by atoms with Gasteiger partial charge >= 0.3 is 0 Å². The summed E-state index contributed by atoms with van der Waals surface area (Å²) in [4.78, 5) is 12.2. The molecule has 0 aliphatic rings. The van der Waals surface area contributed by atoms with E-state index in [1.165, 1.54) is 49.6 Å². The van der Waals surface area contributed by atoms with Crippen molar-refractivity contribution in [2.45, 2.75) is 11.8 Å². The molecule has 0 fully saturated rings. The van der Waals surface area contributed by atoms with E-state index < -0.39 is 21.7 Å².